The lowest BCUT2D eigenvalue weighted by Gasteiger charge is -2.55. The molecular formula is C33H42N2O. The summed E-state index contributed by atoms with van der Waals surface area (Å²) < 4.78 is 7.55. The van der Waals surface area contributed by atoms with Crippen LogP contribution in [0.25, 0.3) is 10.8 Å². The second kappa shape index (κ2) is 8.01. The Hall–Kier alpha value is -1.97. The van der Waals surface area contributed by atoms with Crippen LogP contribution in [-0.4, -0.2) is 39.7 Å². The van der Waals surface area contributed by atoms with Crippen LogP contribution in [-0.2, 0) is 4.74 Å². The van der Waals surface area contributed by atoms with Crippen molar-refractivity contribution in [3.63, 3.8) is 0 Å². The van der Waals surface area contributed by atoms with Crippen molar-refractivity contribution in [2.45, 2.75) is 108 Å². The lowest BCUT2D eigenvalue weighted by atomic mass is 9.58. The van der Waals surface area contributed by atoms with Gasteiger partial charge in [0.1, 0.15) is 0 Å². The maximum atomic E-state index is 7.55. The largest absolute Gasteiger partial charge is 0.359 e. The van der Waals surface area contributed by atoms with E-state index in [9.17, 15) is 0 Å². The number of rotatable bonds is 4. The maximum absolute atomic E-state index is 7.55. The molecule has 1 saturated heterocycles. The van der Waals surface area contributed by atoms with Crippen molar-refractivity contribution in [1.29, 1.82) is 0 Å². The topological polar surface area (TPSA) is 25.4 Å². The monoisotopic (exact) mass is 482 g/mol. The summed E-state index contributed by atoms with van der Waals surface area (Å²) in [5, 5.41) is 2.56. The van der Waals surface area contributed by atoms with Crippen LogP contribution >= 0.6 is 0 Å². The van der Waals surface area contributed by atoms with Crippen LogP contribution in [0, 0.1) is 11.3 Å². The number of fused-ring (bicyclic) bond motifs is 2. The molecule has 0 radical (unpaired) electrons. The van der Waals surface area contributed by atoms with Crippen molar-refractivity contribution in [1.82, 2.24) is 9.88 Å². The summed E-state index contributed by atoms with van der Waals surface area (Å²) in [6, 6.07) is 10.5. The number of pyridine rings is 1. The normalized spacial score (nSPS) is 39.1. The number of hydrogen-bond acceptors (Lipinski definition) is 3. The molecule has 2 aromatic rings. The number of hydrogen-bond donors (Lipinski definition) is 0. The summed E-state index contributed by atoms with van der Waals surface area (Å²) in [6.07, 6.45) is 19.0. The van der Waals surface area contributed by atoms with Crippen molar-refractivity contribution in [2.24, 2.45) is 11.3 Å². The molecular weight excluding hydrogens is 440 g/mol. The van der Waals surface area contributed by atoms with Crippen molar-refractivity contribution < 1.29 is 4.74 Å². The molecule has 6 atom stereocenters. The van der Waals surface area contributed by atoms with Gasteiger partial charge in [-0.25, -0.2) is 0 Å². The standard InChI is InChI=1S/C33H42N2O/c1-5-35(22(2)3)28-9-8-26-19-27-12-14-31(4)29(24-7-6-23-13-17-34-21-25(23)18-24)10-11-30(31)33(27)16-15-32(26,20-28)36-33/h6-7,12-13,17-19,21-22,28-30H,5,8-11,14-16,20H2,1-4H3/t28-,29+,30+,31+,32+,33+/m0/s1. The molecule has 3 heteroatoms. The van der Waals surface area contributed by atoms with E-state index in [0.717, 1.165) is 6.54 Å². The molecule has 3 heterocycles. The van der Waals surface area contributed by atoms with E-state index in [1.54, 1.807) is 5.57 Å². The van der Waals surface area contributed by atoms with Crippen LogP contribution in [0.5, 0.6) is 0 Å². The number of aromatic nitrogens is 1. The average Bonchev–Trinajstić information content (AvgIpc) is 3.39. The second-order valence-electron chi connectivity index (χ2n) is 13.0. The second-order valence-corrected chi connectivity index (χ2v) is 13.0. The van der Waals surface area contributed by atoms with Gasteiger partial charge in [-0.2, -0.15) is 0 Å². The highest BCUT2D eigenvalue weighted by molar-refractivity contribution is 5.82. The van der Waals surface area contributed by atoms with E-state index in [0.29, 0.717) is 23.9 Å². The van der Waals surface area contributed by atoms with E-state index in [1.165, 1.54) is 73.3 Å². The van der Waals surface area contributed by atoms with Crippen LogP contribution in [0.4, 0.5) is 0 Å². The van der Waals surface area contributed by atoms with E-state index in [4.69, 9.17) is 4.74 Å². The summed E-state index contributed by atoms with van der Waals surface area (Å²) in [6.45, 7) is 10.8. The minimum absolute atomic E-state index is 0.0203. The first kappa shape index (κ1) is 23.2. The third kappa shape index (κ3) is 3.08. The predicted molar refractivity (Wildman–Crippen MR) is 147 cm³/mol. The maximum Gasteiger partial charge on any atom is 0.0974 e. The molecule has 7 rings (SSSR count). The van der Waals surface area contributed by atoms with Gasteiger partial charge in [0.15, 0.2) is 0 Å². The minimum atomic E-state index is -0.0690. The van der Waals surface area contributed by atoms with Gasteiger partial charge in [0.05, 0.1) is 11.2 Å². The van der Waals surface area contributed by atoms with Crippen LogP contribution in [0.1, 0.15) is 90.5 Å². The van der Waals surface area contributed by atoms with E-state index in [2.05, 4.69) is 74.0 Å². The Morgan fingerprint density at radius 1 is 1.11 bits per heavy atom. The Balaban J connectivity index is 1.24. The van der Waals surface area contributed by atoms with Gasteiger partial charge in [0.2, 0.25) is 0 Å². The first-order valence-corrected chi connectivity index (χ1v) is 14.6. The molecule has 190 valence electrons. The Labute approximate surface area is 217 Å². The third-order valence-corrected chi connectivity index (χ3v) is 11.2. The fourth-order valence-corrected chi connectivity index (χ4v) is 9.58. The summed E-state index contributed by atoms with van der Waals surface area (Å²) in [7, 11) is 0. The zero-order chi connectivity index (χ0) is 24.7. The summed E-state index contributed by atoms with van der Waals surface area (Å²) in [5.74, 6) is 1.19. The molecule has 3 aliphatic carbocycles. The SMILES string of the molecule is CCN(C(C)C)[C@H]1CCC2=CC3=CC[C@]4(C)[C@@H](c5ccc6ccncc6c5)CC[C@H]4[C@@]34CC[C@]2(C1)O4. The number of benzene rings is 1. The van der Waals surface area contributed by atoms with Gasteiger partial charge in [0, 0.05) is 29.9 Å². The van der Waals surface area contributed by atoms with Gasteiger partial charge in [-0.15, -0.1) is 0 Å². The Bertz CT molecular complexity index is 1260. The molecule has 2 bridgehead atoms. The highest BCUT2D eigenvalue weighted by Gasteiger charge is 2.66. The molecule has 1 aromatic carbocycles. The van der Waals surface area contributed by atoms with Crippen LogP contribution in [0.2, 0.25) is 0 Å². The molecule has 2 spiro atoms. The van der Waals surface area contributed by atoms with Crippen LogP contribution in [0.15, 0.2) is 60.0 Å². The zero-order valence-corrected chi connectivity index (χ0v) is 22.6. The molecule has 3 nitrogen and oxygen atoms in total. The predicted octanol–water partition coefficient (Wildman–Crippen LogP) is 7.58. The average molecular weight is 483 g/mol. The van der Waals surface area contributed by atoms with Crippen LogP contribution in [0.3, 0.4) is 0 Å². The quantitative estimate of drug-likeness (QED) is 0.449. The van der Waals surface area contributed by atoms with Gasteiger partial charge in [-0.1, -0.05) is 38.1 Å². The van der Waals surface area contributed by atoms with E-state index in [-0.39, 0.29) is 16.6 Å². The lowest BCUT2D eigenvalue weighted by molar-refractivity contribution is -0.141. The van der Waals surface area contributed by atoms with Gasteiger partial charge in [-0.3, -0.25) is 9.88 Å². The van der Waals surface area contributed by atoms with E-state index in [1.807, 2.05) is 12.4 Å². The number of ether oxygens (including phenoxy) is 1. The molecule has 0 N–H and O–H groups in total. The summed E-state index contributed by atoms with van der Waals surface area (Å²) in [5.41, 5.74) is 4.80. The molecule has 0 amide bonds. The summed E-state index contributed by atoms with van der Waals surface area (Å²) >= 11 is 0. The van der Waals surface area contributed by atoms with Crippen molar-refractivity contribution in [3.8, 4) is 0 Å². The molecule has 5 aliphatic rings. The zero-order valence-electron chi connectivity index (χ0n) is 22.6. The smallest absolute Gasteiger partial charge is 0.0974 e. The van der Waals surface area contributed by atoms with Crippen LogP contribution < -0.4 is 0 Å². The van der Waals surface area contributed by atoms with Crippen molar-refractivity contribution in [3.05, 3.63) is 65.5 Å². The van der Waals surface area contributed by atoms with Crippen molar-refractivity contribution in [2.75, 3.05) is 6.54 Å². The first-order chi connectivity index (χ1) is 17.4. The van der Waals surface area contributed by atoms with Gasteiger partial charge in [-0.05, 0) is 123 Å². The van der Waals surface area contributed by atoms with Gasteiger partial charge in [0.25, 0.3) is 0 Å². The number of allylic oxidation sites excluding steroid dienone is 1. The van der Waals surface area contributed by atoms with Crippen molar-refractivity contribution >= 4 is 10.8 Å². The number of nitrogens with zero attached hydrogens (tertiary/aromatic N) is 2. The summed E-state index contributed by atoms with van der Waals surface area (Å²) in [4.78, 5) is 7.12. The van der Waals surface area contributed by atoms with Gasteiger partial charge < -0.3 is 4.74 Å². The molecule has 3 fully saturated rings. The molecule has 1 aromatic heterocycles. The Morgan fingerprint density at radius 3 is 2.83 bits per heavy atom. The van der Waals surface area contributed by atoms with Gasteiger partial charge >= 0.3 is 0 Å². The Kier molecular flexibility index (Phi) is 5.16. The van der Waals surface area contributed by atoms with E-state index < -0.39 is 0 Å². The highest BCUT2D eigenvalue weighted by Crippen LogP contribution is 2.69. The molecule has 36 heavy (non-hydrogen) atoms. The minimum Gasteiger partial charge on any atom is -0.359 e. The fourth-order valence-electron chi connectivity index (χ4n) is 9.58. The Morgan fingerprint density at radius 2 is 2.00 bits per heavy atom. The fraction of sp³-hybridized carbons (Fsp3) is 0.606. The third-order valence-electron chi connectivity index (χ3n) is 11.2. The molecule has 2 aliphatic heterocycles. The van der Waals surface area contributed by atoms with E-state index >= 15 is 0 Å². The highest BCUT2D eigenvalue weighted by atomic mass is 16.5. The first-order valence-electron chi connectivity index (χ1n) is 14.6. The molecule has 2 saturated carbocycles. The molecule has 0 unspecified atom stereocenters. The lowest BCUT2D eigenvalue weighted by Crippen LogP contribution is -2.56.